The normalized spacial score (nSPS) is 11.5. The van der Waals surface area contributed by atoms with E-state index in [0.717, 1.165) is 6.07 Å². The van der Waals surface area contributed by atoms with Gasteiger partial charge in [-0.15, -0.1) is 0 Å². The molecule has 0 fully saturated rings. The van der Waals surface area contributed by atoms with Gasteiger partial charge in [-0.2, -0.15) is 0 Å². The van der Waals surface area contributed by atoms with Gasteiger partial charge in [-0.05, 0) is 25.1 Å². The van der Waals surface area contributed by atoms with Gasteiger partial charge in [-0.3, -0.25) is 19.7 Å². The average Bonchev–Trinajstić information content (AvgIpc) is 3.07. The zero-order valence-electron chi connectivity index (χ0n) is 12.2. The van der Waals surface area contributed by atoms with Crippen LogP contribution in [0.3, 0.4) is 0 Å². The molecule has 0 bridgehead atoms. The predicted molar refractivity (Wildman–Crippen MR) is 79.2 cm³/mol. The van der Waals surface area contributed by atoms with E-state index in [1.165, 1.54) is 18.4 Å². The number of carbonyl (C=O) groups is 2. The molecule has 8 heteroatoms. The van der Waals surface area contributed by atoms with E-state index in [1.807, 2.05) is 0 Å². The smallest absolute Gasteiger partial charge is 0.270 e. The Bertz CT molecular complexity index is 711. The van der Waals surface area contributed by atoms with Crippen molar-refractivity contribution < 1.29 is 23.7 Å². The molecule has 0 saturated carbocycles. The van der Waals surface area contributed by atoms with Crippen molar-refractivity contribution in [1.29, 1.82) is 0 Å². The van der Waals surface area contributed by atoms with Gasteiger partial charge in [0, 0.05) is 12.1 Å². The summed E-state index contributed by atoms with van der Waals surface area (Å²) in [6.45, 7) is 1.42. The summed E-state index contributed by atoms with van der Waals surface area (Å²) in [6, 6.07) is 6.68. The number of nitro groups is 1. The topological polar surface area (TPSA) is 112 Å². The Hall–Kier alpha value is -3.16. The highest BCUT2D eigenvalue weighted by Crippen LogP contribution is 2.22. The van der Waals surface area contributed by atoms with Crippen LogP contribution in [0.15, 0.2) is 41.0 Å². The summed E-state index contributed by atoms with van der Waals surface area (Å²) in [4.78, 5) is 32.8. The minimum absolute atomic E-state index is 0.00563. The second-order valence-electron chi connectivity index (χ2n) is 4.69. The molecule has 0 saturated heterocycles. The van der Waals surface area contributed by atoms with Gasteiger partial charge in [0.25, 0.3) is 11.6 Å². The van der Waals surface area contributed by atoms with Gasteiger partial charge in [0.05, 0.1) is 22.8 Å². The summed E-state index contributed by atoms with van der Waals surface area (Å²) >= 11 is 0. The van der Waals surface area contributed by atoms with Crippen LogP contribution in [0.25, 0.3) is 0 Å². The minimum atomic E-state index is -0.617. The molecule has 1 aromatic heterocycles. The Kier molecular flexibility index (Phi) is 5.08. The van der Waals surface area contributed by atoms with Gasteiger partial charge in [-0.1, -0.05) is 0 Å². The van der Waals surface area contributed by atoms with Crippen molar-refractivity contribution in [3.05, 3.63) is 58.0 Å². The van der Waals surface area contributed by atoms with Gasteiger partial charge in [-0.25, -0.2) is 0 Å². The fraction of sp³-hybridized carbons (Fsp3) is 0.200. The lowest BCUT2D eigenvalue weighted by molar-refractivity contribution is -0.384. The van der Waals surface area contributed by atoms with Crippen LogP contribution >= 0.6 is 0 Å². The molecular weight excluding hydrogens is 304 g/mol. The fourth-order valence-electron chi connectivity index (χ4n) is 1.91. The third-order valence-electron chi connectivity index (χ3n) is 3.04. The molecular formula is C15H14N2O6. The molecule has 0 spiro atoms. The summed E-state index contributed by atoms with van der Waals surface area (Å²) in [7, 11) is 0. The van der Waals surface area contributed by atoms with Crippen molar-refractivity contribution in [1.82, 2.24) is 5.32 Å². The van der Waals surface area contributed by atoms with Crippen LogP contribution in [0.4, 0.5) is 5.69 Å². The van der Waals surface area contributed by atoms with Gasteiger partial charge < -0.3 is 14.5 Å². The number of rotatable bonds is 7. The monoisotopic (exact) mass is 318 g/mol. The van der Waals surface area contributed by atoms with Gasteiger partial charge in [0.15, 0.2) is 12.9 Å². The maximum Gasteiger partial charge on any atom is 0.270 e. The Morgan fingerprint density at radius 2 is 2.26 bits per heavy atom. The van der Waals surface area contributed by atoms with Crippen LogP contribution in [0.5, 0.6) is 5.75 Å². The Labute approximate surface area is 131 Å². The van der Waals surface area contributed by atoms with Crippen molar-refractivity contribution in [3.63, 3.8) is 0 Å². The van der Waals surface area contributed by atoms with Crippen LogP contribution in [-0.2, 0) is 4.79 Å². The molecule has 0 aliphatic heterocycles. The van der Waals surface area contributed by atoms with E-state index in [2.05, 4.69) is 5.32 Å². The van der Waals surface area contributed by atoms with Crippen LogP contribution in [0.1, 0.15) is 29.1 Å². The molecule has 1 aromatic carbocycles. The molecule has 0 radical (unpaired) electrons. The molecule has 1 atom stereocenters. The fourth-order valence-corrected chi connectivity index (χ4v) is 1.91. The number of furan rings is 1. The third kappa shape index (κ3) is 4.16. The Morgan fingerprint density at radius 1 is 1.48 bits per heavy atom. The first-order valence-electron chi connectivity index (χ1n) is 6.70. The maximum absolute atomic E-state index is 11.8. The summed E-state index contributed by atoms with van der Waals surface area (Å²) in [5.74, 6) is 0.290. The Morgan fingerprint density at radius 3 is 2.87 bits per heavy atom. The van der Waals surface area contributed by atoms with Crippen LogP contribution in [0, 0.1) is 10.1 Å². The summed E-state index contributed by atoms with van der Waals surface area (Å²) in [5, 5.41) is 13.3. The number of nitrogens with zero attached hydrogens (tertiary/aromatic N) is 1. The maximum atomic E-state index is 11.8. The van der Waals surface area contributed by atoms with Crippen molar-refractivity contribution in [2.75, 3.05) is 6.61 Å². The largest absolute Gasteiger partial charge is 0.483 e. The highest BCUT2D eigenvalue weighted by Gasteiger charge is 2.15. The van der Waals surface area contributed by atoms with E-state index >= 15 is 0 Å². The van der Waals surface area contributed by atoms with Crippen LogP contribution < -0.4 is 10.1 Å². The van der Waals surface area contributed by atoms with Gasteiger partial charge in [0.2, 0.25) is 0 Å². The lowest BCUT2D eigenvalue weighted by Gasteiger charge is -2.12. The number of hydrogen-bond acceptors (Lipinski definition) is 6. The number of nitro benzene ring substituents is 1. The zero-order chi connectivity index (χ0) is 16.8. The number of ether oxygens (including phenoxy) is 1. The van der Waals surface area contributed by atoms with Gasteiger partial charge in [0.1, 0.15) is 11.5 Å². The van der Waals surface area contributed by atoms with E-state index in [1.54, 1.807) is 19.1 Å². The second-order valence-corrected chi connectivity index (χ2v) is 4.69. The third-order valence-corrected chi connectivity index (χ3v) is 3.04. The lowest BCUT2D eigenvalue weighted by Crippen LogP contribution is -2.31. The van der Waals surface area contributed by atoms with Gasteiger partial charge >= 0.3 is 0 Å². The first-order valence-corrected chi connectivity index (χ1v) is 6.70. The van der Waals surface area contributed by atoms with Crippen molar-refractivity contribution >= 4 is 17.9 Å². The minimum Gasteiger partial charge on any atom is -0.483 e. The predicted octanol–water partition coefficient (Wildman–Crippen LogP) is 2.26. The molecule has 0 aliphatic carbocycles. The number of benzene rings is 1. The molecule has 8 nitrogen and oxygen atoms in total. The van der Waals surface area contributed by atoms with E-state index in [4.69, 9.17) is 9.15 Å². The number of hydrogen-bond donors (Lipinski definition) is 1. The molecule has 1 N–H and O–H groups in total. The molecule has 120 valence electrons. The van der Waals surface area contributed by atoms with E-state index in [9.17, 15) is 19.7 Å². The quantitative estimate of drug-likeness (QED) is 0.476. The molecule has 0 unspecified atom stereocenters. The van der Waals surface area contributed by atoms with Crippen molar-refractivity contribution in [2.24, 2.45) is 0 Å². The number of aldehydes is 1. The summed E-state index contributed by atoms with van der Waals surface area (Å²) in [5.41, 5.74) is -0.221. The SMILES string of the molecule is C[C@@H](NC(=O)COc1ccc([N+](=O)[O-])cc1C=O)c1ccco1. The average molecular weight is 318 g/mol. The molecule has 0 aliphatic rings. The van der Waals surface area contributed by atoms with E-state index in [-0.39, 0.29) is 29.6 Å². The van der Waals surface area contributed by atoms with E-state index in [0.29, 0.717) is 12.0 Å². The highest BCUT2D eigenvalue weighted by molar-refractivity contribution is 5.82. The number of carbonyl (C=O) groups excluding carboxylic acids is 2. The van der Waals surface area contributed by atoms with Crippen LogP contribution in [-0.4, -0.2) is 23.7 Å². The number of amides is 1. The summed E-state index contributed by atoms with van der Waals surface area (Å²) in [6.07, 6.45) is 1.94. The second kappa shape index (κ2) is 7.21. The molecule has 2 aromatic rings. The highest BCUT2D eigenvalue weighted by atomic mass is 16.6. The van der Waals surface area contributed by atoms with E-state index < -0.39 is 10.8 Å². The Balaban J connectivity index is 1.96. The molecule has 1 heterocycles. The summed E-state index contributed by atoms with van der Waals surface area (Å²) < 4.78 is 10.4. The standard InChI is InChI=1S/C15H14N2O6/c1-10(13-3-2-6-22-13)16-15(19)9-23-14-5-4-12(17(20)21)7-11(14)8-18/h2-8,10H,9H2,1H3,(H,16,19)/t10-/m1/s1. The first-order chi connectivity index (χ1) is 11.0. The van der Waals surface area contributed by atoms with Crippen LogP contribution in [0.2, 0.25) is 0 Å². The first kappa shape index (κ1) is 16.2. The zero-order valence-corrected chi connectivity index (χ0v) is 12.2. The molecule has 23 heavy (non-hydrogen) atoms. The molecule has 1 amide bonds. The number of non-ortho nitro benzene ring substituents is 1. The van der Waals surface area contributed by atoms with Crippen molar-refractivity contribution in [2.45, 2.75) is 13.0 Å². The van der Waals surface area contributed by atoms with Crippen molar-refractivity contribution in [3.8, 4) is 5.75 Å². The number of nitrogens with one attached hydrogen (secondary N) is 1. The molecule has 2 rings (SSSR count). The lowest BCUT2D eigenvalue weighted by atomic mass is 10.2.